The predicted molar refractivity (Wildman–Crippen MR) is 54.4 cm³/mol. The fourth-order valence-electron chi connectivity index (χ4n) is 2.24. The second kappa shape index (κ2) is 4.86. The minimum Gasteiger partial charge on any atom is -0.311 e. The summed E-state index contributed by atoms with van der Waals surface area (Å²) in [6.45, 7) is 5.86. The normalized spacial score (nSPS) is 30.5. The molecule has 0 bridgehead atoms. The summed E-state index contributed by atoms with van der Waals surface area (Å²) in [6, 6.07) is 0. The first-order valence-corrected chi connectivity index (χ1v) is 5.58. The van der Waals surface area contributed by atoms with Gasteiger partial charge in [0.25, 0.3) is 0 Å². The molecular weight excluding hydrogens is 146 g/mol. The van der Waals surface area contributed by atoms with Gasteiger partial charge in [-0.15, -0.1) is 0 Å². The molecule has 1 N–H and O–H groups in total. The van der Waals surface area contributed by atoms with Gasteiger partial charge in [0.15, 0.2) is 0 Å². The summed E-state index contributed by atoms with van der Waals surface area (Å²) in [4.78, 5) is 0. The molecule has 0 aromatic carbocycles. The lowest BCUT2D eigenvalue weighted by Gasteiger charge is -2.38. The van der Waals surface area contributed by atoms with E-state index in [1.54, 1.807) is 0 Å². The van der Waals surface area contributed by atoms with E-state index < -0.39 is 0 Å². The van der Waals surface area contributed by atoms with Crippen molar-refractivity contribution in [3.8, 4) is 0 Å². The number of nitrogens with one attached hydrogen (secondary N) is 1. The third kappa shape index (κ3) is 2.48. The maximum absolute atomic E-state index is 3.72. The summed E-state index contributed by atoms with van der Waals surface area (Å²) >= 11 is 0. The van der Waals surface area contributed by atoms with Gasteiger partial charge in [-0.05, 0) is 32.2 Å². The lowest BCUT2D eigenvalue weighted by Crippen LogP contribution is -2.47. The minimum absolute atomic E-state index is 0.522. The topological polar surface area (TPSA) is 12.0 Å². The SMILES string of the molecule is CCCCC1(CC)CCCCN1. The molecule has 12 heavy (non-hydrogen) atoms. The zero-order chi connectivity index (χ0) is 8.86. The molecule has 1 atom stereocenters. The van der Waals surface area contributed by atoms with Gasteiger partial charge in [0.1, 0.15) is 0 Å². The third-order valence-corrected chi connectivity index (χ3v) is 3.27. The zero-order valence-corrected chi connectivity index (χ0v) is 8.66. The van der Waals surface area contributed by atoms with Crippen molar-refractivity contribution in [3.63, 3.8) is 0 Å². The first-order chi connectivity index (χ1) is 5.83. The van der Waals surface area contributed by atoms with E-state index in [1.165, 1.54) is 51.5 Å². The van der Waals surface area contributed by atoms with Gasteiger partial charge >= 0.3 is 0 Å². The molecule has 0 spiro atoms. The Balaban J connectivity index is 2.37. The summed E-state index contributed by atoms with van der Waals surface area (Å²) in [7, 11) is 0. The number of unbranched alkanes of at least 4 members (excludes halogenated alkanes) is 1. The van der Waals surface area contributed by atoms with Crippen molar-refractivity contribution in [3.05, 3.63) is 0 Å². The van der Waals surface area contributed by atoms with E-state index in [-0.39, 0.29) is 0 Å². The first-order valence-electron chi connectivity index (χ1n) is 5.58. The van der Waals surface area contributed by atoms with Crippen molar-refractivity contribution < 1.29 is 0 Å². The Hall–Kier alpha value is -0.0400. The van der Waals surface area contributed by atoms with Crippen LogP contribution in [0.2, 0.25) is 0 Å². The van der Waals surface area contributed by atoms with E-state index in [0.717, 1.165) is 0 Å². The molecule has 0 amide bonds. The Labute approximate surface area is 76.9 Å². The molecule has 1 heterocycles. The van der Waals surface area contributed by atoms with Crippen molar-refractivity contribution in [2.45, 2.75) is 64.3 Å². The van der Waals surface area contributed by atoms with Gasteiger partial charge in [-0.1, -0.05) is 33.1 Å². The van der Waals surface area contributed by atoms with Crippen LogP contribution in [-0.2, 0) is 0 Å². The van der Waals surface area contributed by atoms with Crippen LogP contribution >= 0.6 is 0 Å². The molecule has 1 saturated heterocycles. The second-order valence-electron chi connectivity index (χ2n) is 4.12. The molecule has 1 nitrogen and oxygen atoms in total. The van der Waals surface area contributed by atoms with E-state index in [9.17, 15) is 0 Å². The number of hydrogen-bond acceptors (Lipinski definition) is 1. The second-order valence-corrected chi connectivity index (χ2v) is 4.12. The van der Waals surface area contributed by atoms with Crippen LogP contribution in [0.15, 0.2) is 0 Å². The highest BCUT2D eigenvalue weighted by atomic mass is 15.0. The molecule has 0 saturated carbocycles. The molecule has 0 aliphatic carbocycles. The van der Waals surface area contributed by atoms with Gasteiger partial charge < -0.3 is 5.32 Å². The molecule has 0 aromatic heterocycles. The minimum atomic E-state index is 0.522. The fraction of sp³-hybridized carbons (Fsp3) is 1.00. The van der Waals surface area contributed by atoms with Crippen LogP contribution in [0, 0.1) is 0 Å². The van der Waals surface area contributed by atoms with Gasteiger partial charge in [0.2, 0.25) is 0 Å². The molecule has 0 radical (unpaired) electrons. The molecule has 1 rings (SSSR count). The highest BCUT2D eigenvalue weighted by Crippen LogP contribution is 2.27. The van der Waals surface area contributed by atoms with Gasteiger partial charge in [-0.25, -0.2) is 0 Å². The number of piperidine rings is 1. The molecular formula is C11H23N. The van der Waals surface area contributed by atoms with Crippen LogP contribution in [0.3, 0.4) is 0 Å². The molecule has 1 fully saturated rings. The lowest BCUT2D eigenvalue weighted by molar-refractivity contribution is 0.223. The van der Waals surface area contributed by atoms with Crippen LogP contribution in [0.1, 0.15) is 58.8 Å². The Morgan fingerprint density at radius 2 is 2.08 bits per heavy atom. The average molecular weight is 169 g/mol. The lowest BCUT2D eigenvalue weighted by atomic mass is 9.82. The molecule has 0 aromatic rings. The molecule has 1 aliphatic rings. The molecule has 1 heteroatoms. The summed E-state index contributed by atoms with van der Waals surface area (Å²) in [5, 5.41) is 3.72. The maximum Gasteiger partial charge on any atom is 0.0178 e. The van der Waals surface area contributed by atoms with Crippen molar-refractivity contribution in [1.82, 2.24) is 5.32 Å². The van der Waals surface area contributed by atoms with Crippen LogP contribution in [-0.4, -0.2) is 12.1 Å². The molecule has 72 valence electrons. The summed E-state index contributed by atoms with van der Waals surface area (Å²) < 4.78 is 0. The van der Waals surface area contributed by atoms with Crippen LogP contribution < -0.4 is 5.32 Å². The third-order valence-electron chi connectivity index (χ3n) is 3.27. The maximum atomic E-state index is 3.72. The smallest absolute Gasteiger partial charge is 0.0178 e. The number of rotatable bonds is 4. The van der Waals surface area contributed by atoms with Gasteiger partial charge in [0.05, 0.1) is 0 Å². The monoisotopic (exact) mass is 169 g/mol. The number of hydrogen-bond donors (Lipinski definition) is 1. The van der Waals surface area contributed by atoms with E-state index in [1.807, 2.05) is 0 Å². The zero-order valence-electron chi connectivity index (χ0n) is 8.66. The highest BCUT2D eigenvalue weighted by molar-refractivity contribution is 4.89. The highest BCUT2D eigenvalue weighted by Gasteiger charge is 2.28. The van der Waals surface area contributed by atoms with Crippen LogP contribution in [0.25, 0.3) is 0 Å². The van der Waals surface area contributed by atoms with Gasteiger partial charge in [-0.3, -0.25) is 0 Å². The van der Waals surface area contributed by atoms with Gasteiger partial charge in [0, 0.05) is 5.54 Å². The largest absolute Gasteiger partial charge is 0.311 e. The van der Waals surface area contributed by atoms with Crippen molar-refractivity contribution in [1.29, 1.82) is 0 Å². The van der Waals surface area contributed by atoms with Crippen molar-refractivity contribution >= 4 is 0 Å². The quantitative estimate of drug-likeness (QED) is 0.682. The Morgan fingerprint density at radius 1 is 1.25 bits per heavy atom. The Morgan fingerprint density at radius 3 is 2.58 bits per heavy atom. The standard InChI is InChI=1S/C11H23N/c1-3-5-8-11(4-2)9-6-7-10-12-11/h12H,3-10H2,1-2H3. The van der Waals surface area contributed by atoms with Crippen LogP contribution in [0.4, 0.5) is 0 Å². The van der Waals surface area contributed by atoms with E-state index >= 15 is 0 Å². The molecule has 1 unspecified atom stereocenters. The summed E-state index contributed by atoms with van der Waals surface area (Å²) in [6.07, 6.45) is 9.65. The Bertz CT molecular complexity index is 114. The molecule has 1 aliphatic heterocycles. The Kier molecular flexibility index (Phi) is 4.07. The summed E-state index contributed by atoms with van der Waals surface area (Å²) in [5.41, 5.74) is 0.522. The van der Waals surface area contributed by atoms with Crippen molar-refractivity contribution in [2.75, 3.05) is 6.54 Å². The summed E-state index contributed by atoms with van der Waals surface area (Å²) in [5.74, 6) is 0. The van der Waals surface area contributed by atoms with E-state index in [4.69, 9.17) is 0 Å². The van der Waals surface area contributed by atoms with E-state index in [2.05, 4.69) is 19.2 Å². The fourth-order valence-corrected chi connectivity index (χ4v) is 2.24. The van der Waals surface area contributed by atoms with E-state index in [0.29, 0.717) is 5.54 Å². The predicted octanol–water partition coefficient (Wildman–Crippen LogP) is 3.10. The average Bonchev–Trinajstić information content (AvgIpc) is 2.16. The first kappa shape index (κ1) is 10.0. The van der Waals surface area contributed by atoms with Gasteiger partial charge in [-0.2, -0.15) is 0 Å². The van der Waals surface area contributed by atoms with Crippen molar-refractivity contribution in [2.24, 2.45) is 0 Å². The van der Waals surface area contributed by atoms with Crippen LogP contribution in [0.5, 0.6) is 0 Å².